The van der Waals surface area contributed by atoms with Gasteiger partial charge < -0.3 is 24.8 Å². The molecule has 9 heteroatoms. The Morgan fingerprint density at radius 3 is 2.54 bits per heavy atom. The first-order valence-corrected chi connectivity index (χ1v) is 12.9. The lowest BCUT2D eigenvalue weighted by molar-refractivity contribution is 0.209. The normalized spacial score (nSPS) is 14.0. The van der Waals surface area contributed by atoms with Gasteiger partial charge in [0.1, 0.15) is 17.4 Å². The number of hydrogen-bond donors (Lipinski definition) is 1. The Bertz CT molecular complexity index is 1210. The van der Waals surface area contributed by atoms with E-state index in [9.17, 15) is 9.18 Å². The van der Waals surface area contributed by atoms with Crippen molar-refractivity contribution in [1.82, 2.24) is 19.6 Å². The number of amides is 2. The molecule has 8 nitrogen and oxygen atoms in total. The number of urea groups is 1. The number of nitrogens with one attached hydrogen (secondary N) is 1. The van der Waals surface area contributed by atoms with E-state index in [0.29, 0.717) is 30.2 Å². The Morgan fingerprint density at radius 2 is 1.86 bits per heavy atom. The summed E-state index contributed by atoms with van der Waals surface area (Å²) < 4.78 is 21.3. The van der Waals surface area contributed by atoms with Gasteiger partial charge in [0, 0.05) is 50.0 Å². The molecule has 4 rings (SSSR count). The highest BCUT2D eigenvalue weighted by Gasteiger charge is 2.27. The molecule has 0 unspecified atom stereocenters. The van der Waals surface area contributed by atoms with E-state index in [4.69, 9.17) is 9.84 Å². The van der Waals surface area contributed by atoms with Gasteiger partial charge in [-0.1, -0.05) is 26.0 Å². The molecular weight excluding hydrogens is 471 g/mol. The van der Waals surface area contributed by atoms with Crippen molar-refractivity contribution in [2.45, 2.75) is 33.7 Å². The van der Waals surface area contributed by atoms with Crippen LogP contribution in [0.4, 0.5) is 20.7 Å². The molecule has 1 N–H and O–H groups in total. The predicted molar refractivity (Wildman–Crippen MR) is 145 cm³/mol. The van der Waals surface area contributed by atoms with Gasteiger partial charge in [-0.3, -0.25) is 0 Å². The zero-order chi connectivity index (χ0) is 26.4. The van der Waals surface area contributed by atoms with E-state index in [1.807, 2.05) is 40.8 Å². The Kier molecular flexibility index (Phi) is 8.66. The number of hydrogen-bond acceptors (Lipinski definition) is 5. The van der Waals surface area contributed by atoms with E-state index in [1.165, 1.54) is 12.1 Å². The smallest absolute Gasteiger partial charge is 0.322 e. The van der Waals surface area contributed by atoms with E-state index in [2.05, 4.69) is 29.0 Å². The van der Waals surface area contributed by atoms with Gasteiger partial charge in [-0.25, -0.2) is 13.9 Å². The third kappa shape index (κ3) is 6.22. The first kappa shape index (κ1) is 26.5. The highest BCUT2D eigenvalue weighted by Crippen LogP contribution is 2.30. The van der Waals surface area contributed by atoms with Crippen LogP contribution in [0.1, 0.15) is 31.5 Å². The lowest BCUT2D eigenvalue weighted by Crippen LogP contribution is -2.47. The van der Waals surface area contributed by atoms with Gasteiger partial charge in [-0.2, -0.15) is 5.10 Å². The molecule has 1 aliphatic heterocycles. The number of aromatic nitrogens is 2. The van der Waals surface area contributed by atoms with E-state index in [1.54, 1.807) is 19.2 Å². The van der Waals surface area contributed by atoms with Gasteiger partial charge in [0.25, 0.3) is 0 Å². The first-order chi connectivity index (χ1) is 17.9. The third-order valence-corrected chi connectivity index (χ3v) is 6.78. The number of piperazine rings is 1. The number of anilines is 2. The number of benzene rings is 2. The summed E-state index contributed by atoms with van der Waals surface area (Å²) in [7, 11) is 1.60. The van der Waals surface area contributed by atoms with Crippen molar-refractivity contribution in [2.75, 3.05) is 56.6 Å². The zero-order valence-electron chi connectivity index (χ0n) is 22.2. The summed E-state index contributed by atoms with van der Waals surface area (Å²) in [5.74, 6) is 1.30. The fraction of sp³-hybridized carbons (Fsp3) is 0.429. The van der Waals surface area contributed by atoms with Gasteiger partial charge in [0.15, 0.2) is 0 Å². The van der Waals surface area contributed by atoms with E-state index < -0.39 is 0 Å². The quantitative estimate of drug-likeness (QED) is 0.445. The minimum atomic E-state index is -0.306. The third-order valence-electron chi connectivity index (χ3n) is 6.78. The van der Waals surface area contributed by atoms with Crippen LogP contribution in [0.3, 0.4) is 0 Å². The molecular formula is C28H37FN6O2. The maximum atomic E-state index is 14.2. The minimum absolute atomic E-state index is 0.185. The van der Waals surface area contributed by atoms with Crippen LogP contribution in [0.25, 0.3) is 5.69 Å². The van der Waals surface area contributed by atoms with Crippen molar-refractivity contribution >= 4 is 17.5 Å². The molecule has 1 aliphatic rings. The average Bonchev–Trinajstić information content (AvgIpc) is 3.24. The van der Waals surface area contributed by atoms with Crippen LogP contribution in [0.2, 0.25) is 0 Å². The maximum Gasteiger partial charge on any atom is 0.322 e. The van der Waals surface area contributed by atoms with E-state index in [-0.39, 0.29) is 11.8 Å². The molecule has 198 valence electrons. The van der Waals surface area contributed by atoms with Crippen LogP contribution < -0.4 is 15.0 Å². The highest BCUT2D eigenvalue weighted by molar-refractivity contribution is 5.89. The summed E-state index contributed by atoms with van der Waals surface area (Å²) in [4.78, 5) is 19.9. The van der Waals surface area contributed by atoms with Crippen LogP contribution in [-0.4, -0.2) is 72.0 Å². The number of aryl methyl sites for hydroxylation is 1. The van der Waals surface area contributed by atoms with E-state index >= 15 is 0 Å². The number of nitrogens with zero attached hydrogens (tertiary/aromatic N) is 5. The van der Waals surface area contributed by atoms with Crippen molar-refractivity contribution in [3.05, 3.63) is 65.6 Å². The summed E-state index contributed by atoms with van der Waals surface area (Å²) in [6.45, 7) is 11.7. The van der Waals surface area contributed by atoms with Crippen molar-refractivity contribution in [2.24, 2.45) is 0 Å². The lowest BCUT2D eigenvalue weighted by Gasteiger charge is -2.36. The summed E-state index contributed by atoms with van der Waals surface area (Å²) in [5, 5.41) is 7.84. The average molecular weight is 509 g/mol. The second-order valence-electron chi connectivity index (χ2n) is 9.28. The van der Waals surface area contributed by atoms with Gasteiger partial charge in [0.2, 0.25) is 0 Å². The molecule has 1 fully saturated rings. The molecule has 0 bridgehead atoms. The minimum Gasteiger partial charge on any atom is -0.497 e. The van der Waals surface area contributed by atoms with Gasteiger partial charge in [-0.05, 0) is 50.2 Å². The summed E-state index contributed by atoms with van der Waals surface area (Å²) in [6.07, 6.45) is 0.813. The molecule has 3 aromatic rings. The van der Waals surface area contributed by atoms with Crippen LogP contribution in [0.15, 0.2) is 48.5 Å². The van der Waals surface area contributed by atoms with Crippen molar-refractivity contribution in [3.8, 4) is 11.4 Å². The summed E-state index contributed by atoms with van der Waals surface area (Å²) in [5.41, 5.74) is 3.15. The fourth-order valence-electron chi connectivity index (χ4n) is 4.74. The summed E-state index contributed by atoms with van der Waals surface area (Å²) in [6, 6.07) is 13.6. The lowest BCUT2D eigenvalue weighted by atomic mass is 10.2. The van der Waals surface area contributed by atoms with Crippen LogP contribution in [0, 0.1) is 12.7 Å². The van der Waals surface area contributed by atoms with Crippen molar-refractivity contribution in [1.29, 1.82) is 0 Å². The Morgan fingerprint density at radius 1 is 1.11 bits per heavy atom. The van der Waals surface area contributed by atoms with Crippen LogP contribution in [-0.2, 0) is 6.54 Å². The molecule has 37 heavy (non-hydrogen) atoms. The first-order valence-electron chi connectivity index (χ1n) is 12.9. The number of halogens is 1. The molecule has 1 aromatic heterocycles. The Labute approximate surface area is 218 Å². The van der Waals surface area contributed by atoms with Crippen LogP contribution >= 0.6 is 0 Å². The maximum absolute atomic E-state index is 14.2. The van der Waals surface area contributed by atoms with Crippen molar-refractivity contribution < 1.29 is 13.9 Å². The topological polar surface area (TPSA) is 65.9 Å². The molecule has 0 radical (unpaired) electrons. The van der Waals surface area contributed by atoms with Gasteiger partial charge >= 0.3 is 6.03 Å². The molecule has 1 saturated heterocycles. The molecule has 2 aromatic carbocycles. The second kappa shape index (κ2) is 12.1. The van der Waals surface area contributed by atoms with Crippen molar-refractivity contribution in [3.63, 3.8) is 0 Å². The molecule has 0 saturated carbocycles. The SMILES string of the molecule is CCCN(Cc1c(C)nn(-c2cccc(F)c2)c1N1CCN(CC)CC1)C(=O)Nc1cccc(OC)c1. The summed E-state index contributed by atoms with van der Waals surface area (Å²) >= 11 is 0. The molecule has 2 heterocycles. The predicted octanol–water partition coefficient (Wildman–Crippen LogP) is 4.91. The number of rotatable bonds is 9. The fourth-order valence-corrected chi connectivity index (χ4v) is 4.74. The number of methoxy groups -OCH3 is 1. The Balaban J connectivity index is 1.67. The molecule has 0 spiro atoms. The van der Waals surface area contributed by atoms with Gasteiger partial charge in [-0.15, -0.1) is 0 Å². The second-order valence-corrected chi connectivity index (χ2v) is 9.28. The number of carbonyl (C=O) groups is 1. The van der Waals surface area contributed by atoms with E-state index in [0.717, 1.165) is 56.2 Å². The highest BCUT2D eigenvalue weighted by atomic mass is 19.1. The largest absolute Gasteiger partial charge is 0.497 e. The standard InChI is InChI=1S/C28H37FN6O2/c1-5-13-34(28(36)30-23-10-8-12-25(19-23)37-4)20-26-21(3)31-35(24-11-7-9-22(29)18-24)27(26)33-16-14-32(6-2)15-17-33/h7-12,18-19H,5-6,13-17,20H2,1-4H3,(H,30,36). The molecule has 2 amide bonds. The van der Waals surface area contributed by atoms with Crippen LogP contribution in [0.5, 0.6) is 5.75 Å². The molecule has 0 atom stereocenters. The Hall–Kier alpha value is -3.59. The molecule has 0 aliphatic carbocycles. The zero-order valence-corrected chi connectivity index (χ0v) is 22.2. The number of carbonyl (C=O) groups excluding carboxylic acids is 1. The number of likely N-dealkylation sites (N-methyl/N-ethyl adjacent to an activating group) is 1. The monoisotopic (exact) mass is 508 g/mol. The van der Waals surface area contributed by atoms with Gasteiger partial charge in [0.05, 0.1) is 25.0 Å². The number of ether oxygens (including phenoxy) is 1.